The van der Waals surface area contributed by atoms with Gasteiger partial charge in [0.15, 0.2) is 0 Å². The first kappa shape index (κ1) is 15.9. The minimum Gasteiger partial charge on any atom is -0.393 e. The topological polar surface area (TPSA) is 35.5 Å². The fraction of sp³-hybridized carbons (Fsp3) is 1.00. The zero-order valence-corrected chi connectivity index (χ0v) is 12.7. The minimum absolute atomic E-state index is 0.0753. The molecule has 0 bridgehead atoms. The summed E-state index contributed by atoms with van der Waals surface area (Å²) in [5, 5.41) is 13.6. The van der Waals surface area contributed by atoms with Gasteiger partial charge in [-0.05, 0) is 31.1 Å². The third-order valence-corrected chi connectivity index (χ3v) is 4.37. The fourth-order valence-corrected chi connectivity index (χ4v) is 3.31. The lowest BCUT2D eigenvalue weighted by Gasteiger charge is -2.42. The van der Waals surface area contributed by atoms with Crippen LogP contribution in [0.5, 0.6) is 0 Å². The first-order valence-electron chi connectivity index (χ1n) is 7.81. The van der Waals surface area contributed by atoms with Crippen LogP contribution in [0.15, 0.2) is 0 Å². The summed E-state index contributed by atoms with van der Waals surface area (Å²) in [5.74, 6) is 1.15. The first-order valence-corrected chi connectivity index (χ1v) is 7.81. The van der Waals surface area contributed by atoms with Crippen molar-refractivity contribution < 1.29 is 5.11 Å². The maximum atomic E-state index is 10.2. The van der Waals surface area contributed by atoms with E-state index in [0.717, 1.165) is 32.6 Å². The molecule has 2 rings (SSSR count). The lowest BCUT2D eigenvalue weighted by molar-refractivity contribution is -0.000635. The number of hydrogen-bond donors (Lipinski definition) is 2. The molecule has 3 atom stereocenters. The zero-order chi connectivity index (χ0) is 13.5. The second kappa shape index (κ2) is 8.13. The minimum atomic E-state index is -0.0753. The van der Waals surface area contributed by atoms with Crippen LogP contribution >= 0.6 is 0 Å². The number of piperazine rings is 1. The summed E-state index contributed by atoms with van der Waals surface area (Å²) in [4.78, 5) is 2.57. The maximum absolute atomic E-state index is 10.2. The van der Waals surface area contributed by atoms with E-state index in [1.54, 1.807) is 0 Å². The Bertz CT molecular complexity index is 215. The van der Waals surface area contributed by atoms with Gasteiger partial charge in [-0.3, -0.25) is 4.90 Å². The third-order valence-electron chi connectivity index (χ3n) is 4.37. The van der Waals surface area contributed by atoms with Crippen molar-refractivity contribution in [2.75, 3.05) is 26.2 Å². The Hall–Kier alpha value is -0.120. The van der Waals surface area contributed by atoms with E-state index in [-0.39, 0.29) is 6.10 Å². The second-order valence-corrected chi connectivity index (χ2v) is 5.73. The average molecular weight is 256 g/mol. The highest BCUT2D eigenvalue weighted by Crippen LogP contribution is 2.32. The third kappa shape index (κ3) is 4.22. The molecule has 3 nitrogen and oxygen atoms in total. The maximum Gasteiger partial charge on any atom is 0.0585 e. The van der Waals surface area contributed by atoms with E-state index < -0.39 is 0 Å². The molecule has 3 heteroatoms. The Labute approximate surface area is 113 Å². The van der Waals surface area contributed by atoms with Crippen molar-refractivity contribution in [3.05, 3.63) is 0 Å². The molecule has 0 spiro atoms. The molecular formula is C15H32N2O. The van der Waals surface area contributed by atoms with Crippen LogP contribution in [0.1, 0.15) is 47.0 Å². The highest BCUT2D eigenvalue weighted by Gasteiger charge is 2.33. The van der Waals surface area contributed by atoms with Gasteiger partial charge >= 0.3 is 0 Å². The van der Waals surface area contributed by atoms with E-state index in [4.69, 9.17) is 0 Å². The molecule has 0 aromatic carbocycles. The number of aliphatic hydroxyl groups is 1. The van der Waals surface area contributed by atoms with E-state index in [0.29, 0.717) is 17.9 Å². The summed E-state index contributed by atoms with van der Waals surface area (Å²) in [7, 11) is 0. The zero-order valence-electron chi connectivity index (χ0n) is 12.7. The van der Waals surface area contributed by atoms with Gasteiger partial charge in [0.2, 0.25) is 0 Å². The van der Waals surface area contributed by atoms with Crippen LogP contribution in [0.3, 0.4) is 0 Å². The Morgan fingerprint density at radius 3 is 2.22 bits per heavy atom. The fourth-order valence-electron chi connectivity index (χ4n) is 3.31. The van der Waals surface area contributed by atoms with Crippen molar-refractivity contribution >= 4 is 0 Å². The molecule has 0 amide bonds. The number of aliphatic hydroxyl groups excluding tert-OH is 1. The molecule has 1 aliphatic heterocycles. The summed E-state index contributed by atoms with van der Waals surface area (Å²) >= 11 is 0. The Morgan fingerprint density at radius 2 is 1.72 bits per heavy atom. The van der Waals surface area contributed by atoms with Crippen molar-refractivity contribution in [3.8, 4) is 0 Å². The van der Waals surface area contributed by atoms with Crippen LogP contribution in [0.4, 0.5) is 0 Å². The van der Waals surface area contributed by atoms with E-state index in [9.17, 15) is 5.11 Å². The van der Waals surface area contributed by atoms with E-state index in [1.807, 2.05) is 13.8 Å². The van der Waals surface area contributed by atoms with Crippen molar-refractivity contribution in [2.45, 2.75) is 59.1 Å². The molecule has 0 radical (unpaired) electrons. The largest absolute Gasteiger partial charge is 0.393 e. The van der Waals surface area contributed by atoms with Gasteiger partial charge in [-0.1, -0.05) is 27.7 Å². The lowest BCUT2D eigenvalue weighted by atomic mass is 9.77. The summed E-state index contributed by atoms with van der Waals surface area (Å²) in [6, 6.07) is 0.632. The number of rotatable bonds is 2. The van der Waals surface area contributed by atoms with Gasteiger partial charge in [-0.2, -0.15) is 0 Å². The highest BCUT2D eigenvalue weighted by molar-refractivity contribution is 4.87. The van der Waals surface area contributed by atoms with Gasteiger partial charge in [-0.25, -0.2) is 0 Å². The molecular weight excluding hydrogens is 224 g/mol. The van der Waals surface area contributed by atoms with Crippen molar-refractivity contribution in [1.82, 2.24) is 10.2 Å². The molecule has 18 heavy (non-hydrogen) atoms. The summed E-state index contributed by atoms with van der Waals surface area (Å²) < 4.78 is 0. The van der Waals surface area contributed by atoms with E-state index in [2.05, 4.69) is 24.1 Å². The Kier molecular flexibility index (Phi) is 7.20. The van der Waals surface area contributed by atoms with Gasteiger partial charge < -0.3 is 10.4 Å². The predicted octanol–water partition coefficient (Wildman–Crippen LogP) is 2.10. The predicted molar refractivity (Wildman–Crippen MR) is 77.8 cm³/mol. The molecule has 1 aliphatic carbocycles. The van der Waals surface area contributed by atoms with Crippen LogP contribution in [0.25, 0.3) is 0 Å². The second-order valence-electron chi connectivity index (χ2n) is 5.73. The summed E-state index contributed by atoms with van der Waals surface area (Å²) in [6.45, 7) is 13.0. The molecule has 2 aliphatic rings. The Balaban J connectivity index is 0.000000771. The smallest absolute Gasteiger partial charge is 0.0585 e. The molecule has 3 unspecified atom stereocenters. The molecule has 1 heterocycles. The molecule has 2 N–H and O–H groups in total. The SMILES string of the molecule is CC.CC(C)C1CCC(N2CCNCC2)CC1O. The molecule has 108 valence electrons. The Morgan fingerprint density at radius 1 is 1.11 bits per heavy atom. The summed E-state index contributed by atoms with van der Waals surface area (Å²) in [6.07, 6.45) is 3.39. The lowest BCUT2D eigenvalue weighted by Crippen LogP contribution is -2.51. The van der Waals surface area contributed by atoms with Gasteiger partial charge in [-0.15, -0.1) is 0 Å². The van der Waals surface area contributed by atoms with E-state index >= 15 is 0 Å². The molecule has 0 aromatic heterocycles. The first-order chi connectivity index (χ1) is 8.68. The van der Waals surface area contributed by atoms with Crippen LogP contribution in [0, 0.1) is 11.8 Å². The van der Waals surface area contributed by atoms with Crippen LogP contribution in [-0.4, -0.2) is 48.3 Å². The van der Waals surface area contributed by atoms with Gasteiger partial charge in [0.1, 0.15) is 0 Å². The van der Waals surface area contributed by atoms with E-state index in [1.165, 1.54) is 12.8 Å². The van der Waals surface area contributed by atoms with Crippen molar-refractivity contribution in [3.63, 3.8) is 0 Å². The quantitative estimate of drug-likeness (QED) is 0.794. The molecule has 0 aromatic rings. The monoisotopic (exact) mass is 256 g/mol. The van der Waals surface area contributed by atoms with Crippen molar-refractivity contribution in [1.29, 1.82) is 0 Å². The summed E-state index contributed by atoms with van der Waals surface area (Å²) in [5.41, 5.74) is 0. The molecule has 2 fully saturated rings. The molecule has 1 saturated carbocycles. The standard InChI is InChI=1S/C13H26N2O.C2H6/c1-10(2)12-4-3-11(9-13(12)16)15-7-5-14-6-8-15;1-2/h10-14,16H,3-9H2,1-2H3;1-2H3. The normalized spacial score (nSPS) is 34.0. The number of hydrogen-bond acceptors (Lipinski definition) is 3. The number of nitrogens with one attached hydrogen (secondary N) is 1. The van der Waals surface area contributed by atoms with Crippen LogP contribution in [0.2, 0.25) is 0 Å². The van der Waals surface area contributed by atoms with Crippen LogP contribution < -0.4 is 5.32 Å². The van der Waals surface area contributed by atoms with Crippen molar-refractivity contribution in [2.24, 2.45) is 11.8 Å². The van der Waals surface area contributed by atoms with Crippen LogP contribution in [-0.2, 0) is 0 Å². The van der Waals surface area contributed by atoms with Gasteiger partial charge in [0.05, 0.1) is 6.10 Å². The van der Waals surface area contributed by atoms with Gasteiger partial charge in [0.25, 0.3) is 0 Å². The highest BCUT2D eigenvalue weighted by atomic mass is 16.3. The molecule has 1 saturated heterocycles. The van der Waals surface area contributed by atoms with Gasteiger partial charge in [0, 0.05) is 32.2 Å². The average Bonchev–Trinajstić information content (AvgIpc) is 2.41. The number of nitrogens with zero attached hydrogens (tertiary/aromatic N) is 1.